The molecule has 1 aliphatic rings. The van der Waals surface area contributed by atoms with E-state index in [0.717, 1.165) is 38.6 Å². The van der Waals surface area contributed by atoms with Gasteiger partial charge in [-0.2, -0.15) is 0 Å². The van der Waals surface area contributed by atoms with Crippen LogP contribution in [0.5, 0.6) is 0 Å². The first kappa shape index (κ1) is 15.5. The van der Waals surface area contributed by atoms with Crippen LogP contribution < -0.4 is 5.73 Å². The van der Waals surface area contributed by atoms with E-state index < -0.39 is 0 Å². The lowest BCUT2D eigenvalue weighted by Gasteiger charge is -2.37. The van der Waals surface area contributed by atoms with Crippen LogP contribution in [-0.4, -0.2) is 29.4 Å². The van der Waals surface area contributed by atoms with E-state index >= 15 is 0 Å². The van der Waals surface area contributed by atoms with Gasteiger partial charge in [0.15, 0.2) is 0 Å². The Hall–Kier alpha value is -0.570. The standard InChI is InChI=1S/C15H30N2O/c1-5-10-17(14(18)11-15(2,3)4)13-8-6-12(16)7-9-13/h12-13H,5-11,16H2,1-4H3. The van der Waals surface area contributed by atoms with Gasteiger partial charge in [-0.25, -0.2) is 0 Å². The van der Waals surface area contributed by atoms with Crippen molar-refractivity contribution in [3.63, 3.8) is 0 Å². The maximum atomic E-state index is 12.4. The molecule has 0 aromatic carbocycles. The molecule has 0 aromatic heterocycles. The quantitative estimate of drug-likeness (QED) is 0.838. The van der Waals surface area contributed by atoms with Crippen LogP contribution in [0.15, 0.2) is 0 Å². The highest BCUT2D eigenvalue weighted by molar-refractivity contribution is 5.77. The van der Waals surface area contributed by atoms with Crippen LogP contribution in [0.25, 0.3) is 0 Å². The second-order valence-electron chi connectivity index (χ2n) is 6.89. The van der Waals surface area contributed by atoms with Crippen LogP contribution in [0.2, 0.25) is 0 Å². The average molecular weight is 254 g/mol. The van der Waals surface area contributed by atoms with Crippen LogP contribution >= 0.6 is 0 Å². The Labute approximate surface area is 112 Å². The van der Waals surface area contributed by atoms with E-state index in [4.69, 9.17) is 5.73 Å². The summed E-state index contributed by atoms with van der Waals surface area (Å²) in [5.41, 5.74) is 6.02. The lowest BCUT2D eigenvalue weighted by molar-refractivity contribution is -0.136. The third-order valence-corrected chi connectivity index (χ3v) is 3.65. The predicted octanol–water partition coefficient (Wildman–Crippen LogP) is 2.93. The summed E-state index contributed by atoms with van der Waals surface area (Å²) in [5, 5.41) is 0. The summed E-state index contributed by atoms with van der Waals surface area (Å²) >= 11 is 0. The number of carbonyl (C=O) groups is 1. The molecule has 0 atom stereocenters. The molecule has 106 valence electrons. The zero-order valence-corrected chi connectivity index (χ0v) is 12.5. The molecule has 1 rings (SSSR count). The molecule has 1 amide bonds. The van der Waals surface area contributed by atoms with Crippen molar-refractivity contribution in [1.29, 1.82) is 0 Å². The Balaban J connectivity index is 2.61. The van der Waals surface area contributed by atoms with E-state index in [-0.39, 0.29) is 5.41 Å². The molecule has 0 aliphatic heterocycles. The van der Waals surface area contributed by atoms with Crippen LogP contribution in [0.4, 0.5) is 0 Å². The summed E-state index contributed by atoms with van der Waals surface area (Å²) in [4.78, 5) is 14.5. The molecule has 0 unspecified atom stereocenters. The fourth-order valence-electron chi connectivity index (χ4n) is 2.72. The lowest BCUT2D eigenvalue weighted by Crippen LogP contribution is -2.45. The maximum Gasteiger partial charge on any atom is 0.223 e. The summed E-state index contributed by atoms with van der Waals surface area (Å²) in [6, 6.07) is 0.780. The molecule has 18 heavy (non-hydrogen) atoms. The van der Waals surface area contributed by atoms with Gasteiger partial charge in [0.1, 0.15) is 0 Å². The van der Waals surface area contributed by atoms with E-state index in [0.29, 0.717) is 24.4 Å². The Morgan fingerprint density at radius 2 is 1.78 bits per heavy atom. The van der Waals surface area contributed by atoms with Crippen LogP contribution in [-0.2, 0) is 4.79 Å². The SMILES string of the molecule is CCCN(C(=O)CC(C)(C)C)C1CCC(N)CC1. The average Bonchev–Trinajstić information content (AvgIpc) is 2.25. The number of amides is 1. The highest BCUT2D eigenvalue weighted by Gasteiger charge is 2.29. The molecule has 0 heterocycles. The van der Waals surface area contributed by atoms with Crippen LogP contribution in [0.3, 0.4) is 0 Å². The van der Waals surface area contributed by atoms with Crippen LogP contribution in [0.1, 0.15) is 66.2 Å². The number of rotatable bonds is 4. The normalized spacial score (nSPS) is 24.9. The van der Waals surface area contributed by atoms with Crippen molar-refractivity contribution in [2.24, 2.45) is 11.1 Å². The molecule has 1 saturated carbocycles. The minimum Gasteiger partial charge on any atom is -0.340 e. The van der Waals surface area contributed by atoms with Gasteiger partial charge in [0.05, 0.1) is 0 Å². The van der Waals surface area contributed by atoms with Gasteiger partial charge in [0.25, 0.3) is 0 Å². The summed E-state index contributed by atoms with van der Waals surface area (Å²) in [7, 11) is 0. The number of carbonyl (C=O) groups excluding carboxylic acids is 1. The van der Waals surface area contributed by atoms with Gasteiger partial charge >= 0.3 is 0 Å². The fourth-order valence-corrected chi connectivity index (χ4v) is 2.72. The van der Waals surface area contributed by atoms with Crippen molar-refractivity contribution in [2.75, 3.05) is 6.54 Å². The number of nitrogens with two attached hydrogens (primary N) is 1. The van der Waals surface area contributed by atoms with Crippen LogP contribution in [0, 0.1) is 5.41 Å². The Morgan fingerprint density at radius 3 is 2.22 bits per heavy atom. The molecule has 0 aromatic rings. The first-order valence-electron chi connectivity index (χ1n) is 7.38. The van der Waals surface area contributed by atoms with Gasteiger partial charge in [-0.05, 0) is 37.5 Å². The molecule has 1 fully saturated rings. The molecule has 0 spiro atoms. The second-order valence-corrected chi connectivity index (χ2v) is 6.89. The highest BCUT2D eigenvalue weighted by Crippen LogP contribution is 2.26. The third-order valence-electron chi connectivity index (χ3n) is 3.65. The van der Waals surface area contributed by atoms with E-state index in [2.05, 4.69) is 32.6 Å². The Kier molecular flexibility index (Phi) is 5.64. The molecular weight excluding hydrogens is 224 g/mol. The number of hydrogen-bond acceptors (Lipinski definition) is 2. The second kappa shape index (κ2) is 6.55. The summed E-state index contributed by atoms with van der Waals surface area (Å²) in [5.74, 6) is 0.324. The van der Waals surface area contributed by atoms with Crippen molar-refractivity contribution >= 4 is 5.91 Å². The van der Waals surface area contributed by atoms with Gasteiger partial charge in [-0.1, -0.05) is 27.7 Å². The predicted molar refractivity (Wildman–Crippen MR) is 76.3 cm³/mol. The number of hydrogen-bond donors (Lipinski definition) is 1. The van der Waals surface area contributed by atoms with Gasteiger partial charge in [-0.3, -0.25) is 4.79 Å². The minimum atomic E-state index is 0.0775. The molecule has 0 bridgehead atoms. The van der Waals surface area contributed by atoms with Gasteiger partial charge < -0.3 is 10.6 Å². The molecule has 0 radical (unpaired) electrons. The largest absolute Gasteiger partial charge is 0.340 e. The van der Waals surface area contributed by atoms with Gasteiger partial charge in [0, 0.05) is 25.0 Å². The molecule has 3 nitrogen and oxygen atoms in total. The summed E-state index contributed by atoms with van der Waals surface area (Å²) in [6.07, 6.45) is 5.98. The van der Waals surface area contributed by atoms with E-state index in [1.54, 1.807) is 0 Å². The summed E-state index contributed by atoms with van der Waals surface area (Å²) < 4.78 is 0. The van der Waals surface area contributed by atoms with Crippen molar-refractivity contribution in [3.05, 3.63) is 0 Å². The van der Waals surface area contributed by atoms with E-state index in [9.17, 15) is 4.79 Å². The van der Waals surface area contributed by atoms with E-state index in [1.165, 1.54) is 0 Å². The third kappa shape index (κ3) is 4.97. The highest BCUT2D eigenvalue weighted by atomic mass is 16.2. The fraction of sp³-hybridized carbons (Fsp3) is 0.933. The monoisotopic (exact) mass is 254 g/mol. The van der Waals surface area contributed by atoms with Gasteiger partial charge in [-0.15, -0.1) is 0 Å². The van der Waals surface area contributed by atoms with Gasteiger partial charge in [0.2, 0.25) is 5.91 Å². The molecule has 2 N–H and O–H groups in total. The first-order chi connectivity index (χ1) is 8.33. The topological polar surface area (TPSA) is 46.3 Å². The number of nitrogens with zero attached hydrogens (tertiary/aromatic N) is 1. The Morgan fingerprint density at radius 1 is 1.22 bits per heavy atom. The zero-order chi connectivity index (χ0) is 13.8. The zero-order valence-electron chi connectivity index (χ0n) is 12.5. The Bertz CT molecular complexity index is 262. The van der Waals surface area contributed by atoms with Crippen molar-refractivity contribution in [3.8, 4) is 0 Å². The first-order valence-corrected chi connectivity index (χ1v) is 7.38. The smallest absolute Gasteiger partial charge is 0.223 e. The van der Waals surface area contributed by atoms with Crippen molar-refractivity contribution in [2.45, 2.75) is 78.3 Å². The minimum absolute atomic E-state index is 0.0775. The van der Waals surface area contributed by atoms with Crippen molar-refractivity contribution in [1.82, 2.24) is 4.90 Å². The lowest BCUT2D eigenvalue weighted by atomic mass is 9.88. The maximum absolute atomic E-state index is 12.4. The molecular formula is C15H30N2O. The van der Waals surface area contributed by atoms with E-state index in [1.807, 2.05) is 0 Å². The molecule has 3 heteroatoms. The molecule has 0 saturated heterocycles. The molecule has 1 aliphatic carbocycles. The summed E-state index contributed by atoms with van der Waals surface area (Å²) in [6.45, 7) is 9.43. The van der Waals surface area contributed by atoms with Crippen molar-refractivity contribution < 1.29 is 4.79 Å².